The van der Waals surface area contributed by atoms with Crippen LogP contribution in [-0.2, 0) is 12.8 Å². The van der Waals surface area contributed by atoms with Crippen molar-refractivity contribution in [2.75, 3.05) is 19.4 Å². The highest BCUT2D eigenvalue weighted by Crippen LogP contribution is 2.29. The summed E-state index contributed by atoms with van der Waals surface area (Å²) in [5.74, 6) is 0.888. The number of aryl methyl sites for hydroxylation is 2. The molecule has 1 aliphatic carbocycles. The van der Waals surface area contributed by atoms with Crippen molar-refractivity contribution in [1.29, 1.82) is 0 Å². The van der Waals surface area contributed by atoms with Crippen molar-refractivity contribution >= 4 is 11.8 Å². The Hall–Kier alpha value is -0.510. The van der Waals surface area contributed by atoms with Gasteiger partial charge < -0.3 is 10.4 Å². The standard InChI is InChI=1S/C14H21NOS/c1-14(9-16,15-2)10-17-13-7-6-11-4-3-5-12(11)8-13/h6-8,15-16H,3-5,9-10H2,1-2H3. The fraction of sp³-hybridized carbons (Fsp3) is 0.571. The molecular formula is C14H21NOS. The second-order valence-corrected chi connectivity index (χ2v) is 6.09. The smallest absolute Gasteiger partial charge is 0.0618 e. The number of benzene rings is 1. The fourth-order valence-corrected chi connectivity index (χ4v) is 3.19. The summed E-state index contributed by atoms with van der Waals surface area (Å²) >= 11 is 1.82. The summed E-state index contributed by atoms with van der Waals surface area (Å²) in [6.07, 6.45) is 3.77. The highest BCUT2D eigenvalue weighted by molar-refractivity contribution is 7.99. The lowest BCUT2D eigenvalue weighted by atomic mass is 10.1. The van der Waals surface area contributed by atoms with Crippen molar-refractivity contribution in [1.82, 2.24) is 5.32 Å². The highest BCUT2D eigenvalue weighted by atomic mass is 32.2. The molecule has 1 unspecified atom stereocenters. The molecule has 2 nitrogen and oxygen atoms in total. The van der Waals surface area contributed by atoms with Crippen LogP contribution in [0.4, 0.5) is 0 Å². The first-order chi connectivity index (χ1) is 8.17. The molecule has 0 heterocycles. The van der Waals surface area contributed by atoms with Gasteiger partial charge in [0.05, 0.1) is 6.61 Å². The molecule has 1 atom stereocenters. The molecule has 1 aromatic carbocycles. The Morgan fingerprint density at radius 3 is 2.82 bits per heavy atom. The summed E-state index contributed by atoms with van der Waals surface area (Å²) in [4.78, 5) is 1.32. The van der Waals surface area contributed by atoms with E-state index in [-0.39, 0.29) is 12.1 Å². The normalized spacial score (nSPS) is 17.8. The van der Waals surface area contributed by atoms with Crippen molar-refractivity contribution in [2.45, 2.75) is 36.6 Å². The third-order valence-corrected chi connectivity index (χ3v) is 4.95. The molecule has 2 N–H and O–H groups in total. The number of aliphatic hydroxyl groups excluding tert-OH is 1. The number of nitrogens with one attached hydrogen (secondary N) is 1. The third-order valence-electron chi connectivity index (χ3n) is 3.58. The molecule has 0 radical (unpaired) electrons. The molecular weight excluding hydrogens is 230 g/mol. The van der Waals surface area contributed by atoms with E-state index in [9.17, 15) is 5.11 Å². The topological polar surface area (TPSA) is 32.3 Å². The maximum Gasteiger partial charge on any atom is 0.0618 e. The minimum absolute atomic E-state index is 0.168. The van der Waals surface area contributed by atoms with Gasteiger partial charge >= 0.3 is 0 Å². The Labute approximate surface area is 108 Å². The monoisotopic (exact) mass is 251 g/mol. The van der Waals surface area contributed by atoms with Crippen LogP contribution in [0.15, 0.2) is 23.1 Å². The molecule has 1 aromatic rings. The lowest BCUT2D eigenvalue weighted by Crippen LogP contribution is -2.45. The first kappa shape index (κ1) is 12.9. The van der Waals surface area contributed by atoms with Crippen LogP contribution < -0.4 is 5.32 Å². The molecule has 2 rings (SSSR count). The average molecular weight is 251 g/mol. The van der Waals surface area contributed by atoms with Crippen LogP contribution in [0.1, 0.15) is 24.5 Å². The van der Waals surface area contributed by atoms with Crippen molar-refractivity contribution in [3.05, 3.63) is 29.3 Å². The lowest BCUT2D eigenvalue weighted by molar-refractivity contribution is 0.200. The molecule has 17 heavy (non-hydrogen) atoms. The van der Waals surface area contributed by atoms with E-state index in [1.165, 1.54) is 35.3 Å². The molecule has 0 spiro atoms. The summed E-state index contributed by atoms with van der Waals surface area (Å²) in [7, 11) is 1.90. The Bertz CT molecular complexity index is 388. The van der Waals surface area contributed by atoms with Crippen molar-refractivity contribution in [3.63, 3.8) is 0 Å². The summed E-state index contributed by atoms with van der Waals surface area (Å²) < 4.78 is 0. The van der Waals surface area contributed by atoms with Crippen LogP contribution in [0.25, 0.3) is 0 Å². The fourth-order valence-electron chi connectivity index (χ4n) is 2.08. The van der Waals surface area contributed by atoms with Crippen LogP contribution in [0.2, 0.25) is 0 Å². The molecule has 0 fully saturated rings. The molecule has 0 aliphatic heterocycles. The minimum atomic E-state index is -0.191. The molecule has 0 saturated heterocycles. The Morgan fingerprint density at radius 2 is 2.12 bits per heavy atom. The predicted octanol–water partition coefficient (Wildman–Crippen LogP) is 2.24. The Kier molecular flexibility index (Phi) is 4.13. The maximum absolute atomic E-state index is 9.34. The van der Waals surface area contributed by atoms with E-state index < -0.39 is 0 Å². The molecule has 0 aromatic heterocycles. The van der Waals surface area contributed by atoms with Gasteiger partial charge in [0, 0.05) is 16.2 Å². The molecule has 3 heteroatoms. The third kappa shape index (κ3) is 3.03. The first-order valence-corrected chi connectivity index (χ1v) is 7.20. The van der Waals surface area contributed by atoms with Crippen LogP contribution >= 0.6 is 11.8 Å². The number of hydrogen-bond donors (Lipinski definition) is 2. The van der Waals surface area contributed by atoms with Gasteiger partial charge in [-0.05, 0) is 56.5 Å². The van der Waals surface area contributed by atoms with Gasteiger partial charge in [0.15, 0.2) is 0 Å². The van der Waals surface area contributed by atoms with Crippen LogP contribution in [0.5, 0.6) is 0 Å². The molecule has 0 amide bonds. The van der Waals surface area contributed by atoms with E-state index in [4.69, 9.17) is 0 Å². The number of fused-ring (bicyclic) bond motifs is 1. The second kappa shape index (κ2) is 5.42. The van der Waals surface area contributed by atoms with E-state index in [1.54, 1.807) is 0 Å². The summed E-state index contributed by atoms with van der Waals surface area (Å²) in [6.45, 7) is 2.22. The van der Waals surface area contributed by atoms with Gasteiger partial charge in [0.1, 0.15) is 0 Å². The zero-order valence-corrected chi connectivity index (χ0v) is 11.4. The van der Waals surface area contributed by atoms with E-state index in [0.29, 0.717) is 0 Å². The van der Waals surface area contributed by atoms with Gasteiger partial charge in [0.25, 0.3) is 0 Å². The maximum atomic E-state index is 9.34. The quantitative estimate of drug-likeness (QED) is 0.787. The van der Waals surface area contributed by atoms with Gasteiger partial charge in [-0.1, -0.05) is 6.07 Å². The largest absolute Gasteiger partial charge is 0.394 e. The van der Waals surface area contributed by atoms with Crippen LogP contribution in [0.3, 0.4) is 0 Å². The van der Waals surface area contributed by atoms with Gasteiger partial charge in [-0.3, -0.25) is 0 Å². The lowest BCUT2D eigenvalue weighted by Gasteiger charge is -2.26. The van der Waals surface area contributed by atoms with E-state index in [0.717, 1.165) is 5.75 Å². The summed E-state index contributed by atoms with van der Waals surface area (Å²) in [5, 5.41) is 12.5. The van der Waals surface area contributed by atoms with Crippen molar-refractivity contribution in [3.8, 4) is 0 Å². The predicted molar refractivity (Wildman–Crippen MR) is 73.7 cm³/mol. The van der Waals surface area contributed by atoms with Crippen LogP contribution in [0, 0.1) is 0 Å². The number of hydrogen-bond acceptors (Lipinski definition) is 3. The Balaban J connectivity index is 2.00. The van der Waals surface area contributed by atoms with E-state index >= 15 is 0 Å². The number of likely N-dealkylation sites (N-methyl/N-ethyl adjacent to an activating group) is 1. The van der Waals surface area contributed by atoms with Gasteiger partial charge in [-0.2, -0.15) is 0 Å². The average Bonchev–Trinajstić information content (AvgIpc) is 2.83. The van der Waals surface area contributed by atoms with Gasteiger partial charge in [-0.25, -0.2) is 0 Å². The van der Waals surface area contributed by atoms with E-state index in [2.05, 4.69) is 23.5 Å². The van der Waals surface area contributed by atoms with E-state index in [1.807, 2.05) is 25.7 Å². The SMILES string of the molecule is CNC(C)(CO)CSc1ccc2c(c1)CCC2. The summed E-state index contributed by atoms with van der Waals surface area (Å²) in [6, 6.07) is 6.79. The van der Waals surface area contributed by atoms with Crippen molar-refractivity contribution in [2.24, 2.45) is 0 Å². The van der Waals surface area contributed by atoms with Gasteiger partial charge in [-0.15, -0.1) is 11.8 Å². The summed E-state index contributed by atoms with van der Waals surface area (Å²) in [5.41, 5.74) is 2.85. The number of thioether (sulfide) groups is 1. The zero-order chi connectivity index (χ0) is 12.3. The van der Waals surface area contributed by atoms with Gasteiger partial charge in [0.2, 0.25) is 0 Å². The molecule has 0 bridgehead atoms. The Morgan fingerprint density at radius 1 is 1.35 bits per heavy atom. The second-order valence-electron chi connectivity index (χ2n) is 5.04. The molecule has 1 aliphatic rings. The zero-order valence-electron chi connectivity index (χ0n) is 10.6. The molecule has 94 valence electrons. The first-order valence-electron chi connectivity index (χ1n) is 6.21. The minimum Gasteiger partial charge on any atom is -0.394 e. The highest BCUT2D eigenvalue weighted by Gasteiger charge is 2.21. The number of rotatable bonds is 5. The molecule has 0 saturated carbocycles. The number of aliphatic hydroxyl groups is 1. The van der Waals surface area contributed by atoms with Crippen LogP contribution in [-0.4, -0.2) is 30.1 Å². The van der Waals surface area contributed by atoms with Crippen molar-refractivity contribution < 1.29 is 5.11 Å².